The van der Waals surface area contributed by atoms with Crippen molar-refractivity contribution in [3.05, 3.63) is 29.6 Å². The van der Waals surface area contributed by atoms with E-state index in [1.807, 2.05) is 0 Å². The van der Waals surface area contributed by atoms with Crippen molar-refractivity contribution in [1.29, 1.82) is 0 Å². The molecule has 0 amide bonds. The molecule has 1 rings (SSSR count). The van der Waals surface area contributed by atoms with Crippen LogP contribution in [0.1, 0.15) is 25.0 Å². The van der Waals surface area contributed by atoms with Crippen molar-refractivity contribution in [2.45, 2.75) is 19.4 Å². The van der Waals surface area contributed by atoms with E-state index in [1.54, 1.807) is 6.92 Å². The van der Waals surface area contributed by atoms with E-state index >= 15 is 0 Å². The van der Waals surface area contributed by atoms with E-state index in [9.17, 15) is 17.9 Å². The molecule has 1 N–H and O–H groups in total. The molecular formula is C12H17FO4S. The van der Waals surface area contributed by atoms with Crippen LogP contribution in [0.15, 0.2) is 18.2 Å². The highest BCUT2D eigenvalue weighted by molar-refractivity contribution is 7.90. The zero-order valence-electron chi connectivity index (χ0n) is 10.4. The summed E-state index contributed by atoms with van der Waals surface area (Å²) in [4.78, 5) is 0. The van der Waals surface area contributed by atoms with Gasteiger partial charge in [-0.25, -0.2) is 12.8 Å². The van der Waals surface area contributed by atoms with Gasteiger partial charge >= 0.3 is 0 Å². The first kappa shape index (κ1) is 14.9. The molecule has 0 saturated heterocycles. The van der Waals surface area contributed by atoms with Gasteiger partial charge in [0.1, 0.15) is 21.4 Å². The first-order valence-corrected chi connectivity index (χ1v) is 7.63. The molecular weight excluding hydrogens is 259 g/mol. The molecule has 0 aliphatic carbocycles. The van der Waals surface area contributed by atoms with Crippen molar-refractivity contribution >= 4 is 9.84 Å². The summed E-state index contributed by atoms with van der Waals surface area (Å²) >= 11 is 0. The third kappa shape index (κ3) is 5.01. The smallest absolute Gasteiger partial charge is 0.147 e. The quantitative estimate of drug-likeness (QED) is 0.803. The van der Waals surface area contributed by atoms with Crippen molar-refractivity contribution in [3.63, 3.8) is 0 Å². The predicted molar refractivity (Wildman–Crippen MR) is 66.9 cm³/mol. The Morgan fingerprint density at radius 3 is 2.67 bits per heavy atom. The molecule has 0 unspecified atom stereocenters. The van der Waals surface area contributed by atoms with Crippen LogP contribution in [0.5, 0.6) is 5.75 Å². The maximum absolute atomic E-state index is 13.1. The van der Waals surface area contributed by atoms with Crippen LogP contribution in [0.25, 0.3) is 0 Å². The Kier molecular flexibility index (Phi) is 5.10. The molecule has 1 atom stereocenters. The van der Waals surface area contributed by atoms with Crippen LogP contribution in [-0.4, -0.2) is 32.1 Å². The molecule has 0 aliphatic heterocycles. The summed E-state index contributed by atoms with van der Waals surface area (Å²) in [5, 5.41) is 9.48. The molecule has 6 heteroatoms. The van der Waals surface area contributed by atoms with Gasteiger partial charge in [0.2, 0.25) is 0 Å². The molecule has 18 heavy (non-hydrogen) atoms. The fourth-order valence-electron chi connectivity index (χ4n) is 1.48. The largest absolute Gasteiger partial charge is 0.493 e. The molecule has 0 saturated carbocycles. The number of ether oxygens (including phenoxy) is 1. The molecule has 0 aliphatic rings. The standard InChI is InChI=1S/C12H17FO4S/c1-9(14)11-5-4-10(13)8-12(11)17-6-3-7-18(2,15)16/h4-5,8-9,14H,3,6-7H2,1-2H3/t9-/m1/s1. The second-order valence-corrected chi connectivity index (χ2v) is 6.45. The van der Waals surface area contributed by atoms with E-state index in [0.717, 1.165) is 6.26 Å². The third-order valence-electron chi connectivity index (χ3n) is 2.34. The van der Waals surface area contributed by atoms with Crippen LogP contribution >= 0.6 is 0 Å². The Morgan fingerprint density at radius 1 is 1.44 bits per heavy atom. The number of aliphatic hydroxyl groups is 1. The van der Waals surface area contributed by atoms with Crippen LogP contribution in [0.4, 0.5) is 4.39 Å². The van der Waals surface area contributed by atoms with Gasteiger partial charge in [-0.3, -0.25) is 0 Å². The average molecular weight is 276 g/mol. The second-order valence-electron chi connectivity index (χ2n) is 4.19. The van der Waals surface area contributed by atoms with E-state index in [1.165, 1.54) is 18.2 Å². The highest BCUT2D eigenvalue weighted by atomic mass is 32.2. The number of aliphatic hydroxyl groups excluding tert-OH is 1. The zero-order valence-corrected chi connectivity index (χ0v) is 11.2. The number of hydrogen-bond donors (Lipinski definition) is 1. The summed E-state index contributed by atoms with van der Waals surface area (Å²) in [6, 6.07) is 3.87. The van der Waals surface area contributed by atoms with Gasteiger partial charge in [0.15, 0.2) is 0 Å². The Labute approximate surface area is 106 Å². The van der Waals surface area contributed by atoms with Gasteiger partial charge < -0.3 is 9.84 Å². The molecule has 0 fully saturated rings. The minimum Gasteiger partial charge on any atom is -0.493 e. The Bertz CT molecular complexity index is 497. The number of sulfone groups is 1. The zero-order chi connectivity index (χ0) is 13.8. The van der Waals surface area contributed by atoms with Crippen LogP contribution < -0.4 is 4.74 Å². The number of hydrogen-bond acceptors (Lipinski definition) is 4. The fourth-order valence-corrected chi connectivity index (χ4v) is 2.12. The molecule has 0 heterocycles. The van der Waals surface area contributed by atoms with Crippen molar-refractivity contribution in [2.24, 2.45) is 0 Å². The topological polar surface area (TPSA) is 63.6 Å². The molecule has 0 bridgehead atoms. The van der Waals surface area contributed by atoms with Crippen LogP contribution in [0.2, 0.25) is 0 Å². The molecule has 0 aromatic heterocycles. The summed E-state index contributed by atoms with van der Waals surface area (Å²) in [6.07, 6.45) is 0.709. The monoisotopic (exact) mass is 276 g/mol. The lowest BCUT2D eigenvalue weighted by atomic mass is 10.1. The van der Waals surface area contributed by atoms with Gasteiger partial charge in [-0.1, -0.05) is 0 Å². The summed E-state index contributed by atoms with van der Waals surface area (Å²) in [5.74, 6) is -0.192. The molecule has 0 spiro atoms. The second kappa shape index (κ2) is 6.15. The van der Waals surface area contributed by atoms with Gasteiger partial charge in [-0.15, -0.1) is 0 Å². The summed E-state index contributed by atoms with van der Waals surface area (Å²) < 4.78 is 40.2. The van der Waals surface area contributed by atoms with Crippen molar-refractivity contribution in [3.8, 4) is 5.75 Å². The molecule has 1 aromatic rings. The van der Waals surface area contributed by atoms with Gasteiger partial charge in [0, 0.05) is 17.9 Å². The Hall–Kier alpha value is -1.14. The Morgan fingerprint density at radius 2 is 2.11 bits per heavy atom. The fraction of sp³-hybridized carbons (Fsp3) is 0.500. The highest BCUT2D eigenvalue weighted by Gasteiger charge is 2.10. The minimum absolute atomic E-state index is 0.0202. The van der Waals surface area contributed by atoms with E-state index < -0.39 is 21.8 Å². The van der Waals surface area contributed by atoms with Crippen LogP contribution in [0, 0.1) is 5.82 Å². The van der Waals surface area contributed by atoms with Crippen molar-refractivity contribution < 1.29 is 22.7 Å². The van der Waals surface area contributed by atoms with Crippen molar-refractivity contribution in [1.82, 2.24) is 0 Å². The van der Waals surface area contributed by atoms with Gasteiger partial charge in [-0.05, 0) is 25.5 Å². The predicted octanol–water partition coefficient (Wildman–Crippen LogP) is 1.69. The summed E-state index contributed by atoms with van der Waals surface area (Å²) in [6.45, 7) is 1.72. The van der Waals surface area contributed by atoms with Crippen LogP contribution in [-0.2, 0) is 9.84 Å². The highest BCUT2D eigenvalue weighted by Crippen LogP contribution is 2.26. The lowest BCUT2D eigenvalue weighted by Crippen LogP contribution is -2.09. The van der Waals surface area contributed by atoms with Crippen molar-refractivity contribution in [2.75, 3.05) is 18.6 Å². The van der Waals surface area contributed by atoms with E-state index in [-0.39, 0.29) is 18.1 Å². The number of rotatable bonds is 6. The SMILES string of the molecule is C[C@@H](O)c1ccc(F)cc1OCCCS(C)(=O)=O. The first-order valence-electron chi connectivity index (χ1n) is 5.57. The van der Waals surface area contributed by atoms with Crippen LogP contribution in [0.3, 0.4) is 0 Å². The normalized spacial score (nSPS) is 13.3. The molecule has 4 nitrogen and oxygen atoms in total. The average Bonchev–Trinajstić information content (AvgIpc) is 2.22. The lowest BCUT2D eigenvalue weighted by Gasteiger charge is -2.13. The first-order chi connectivity index (χ1) is 8.29. The van der Waals surface area contributed by atoms with Gasteiger partial charge in [0.25, 0.3) is 0 Å². The third-order valence-corrected chi connectivity index (χ3v) is 3.37. The summed E-state index contributed by atoms with van der Waals surface area (Å²) in [5.41, 5.74) is 0.482. The van der Waals surface area contributed by atoms with Gasteiger partial charge in [-0.2, -0.15) is 0 Å². The molecule has 102 valence electrons. The van der Waals surface area contributed by atoms with Gasteiger partial charge in [0.05, 0.1) is 18.5 Å². The molecule has 0 radical (unpaired) electrons. The molecule has 1 aromatic carbocycles. The minimum atomic E-state index is -3.02. The number of halogens is 1. The van der Waals surface area contributed by atoms with E-state index in [2.05, 4.69) is 0 Å². The maximum atomic E-state index is 13.1. The summed E-state index contributed by atoms with van der Waals surface area (Å²) in [7, 11) is -3.02. The lowest BCUT2D eigenvalue weighted by molar-refractivity contribution is 0.191. The van der Waals surface area contributed by atoms with E-state index in [0.29, 0.717) is 12.0 Å². The van der Waals surface area contributed by atoms with E-state index in [4.69, 9.17) is 4.74 Å². The maximum Gasteiger partial charge on any atom is 0.147 e. The number of benzene rings is 1. The Balaban J connectivity index is 2.63.